The fourth-order valence-corrected chi connectivity index (χ4v) is 3.75. The zero-order valence-corrected chi connectivity index (χ0v) is 19.6. The van der Waals surface area contributed by atoms with Crippen molar-refractivity contribution in [3.63, 3.8) is 0 Å². The molecule has 0 aliphatic carbocycles. The van der Waals surface area contributed by atoms with Crippen molar-refractivity contribution < 1.29 is 14.3 Å². The molecular formula is C25H39N3O3. The normalized spacial score (nSPS) is 18.6. The summed E-state index contributed by atoms with van der Waals surface area (Å²) in [4.78, 5) is 27.0. The lowest BCUT2D eigenvalue weighted by Crippen LogP contribution is -2.56. The third-order valence-corrected chi connectivity index (χ3v) is 5.56. The molecule has 1 aliphatic rings. The van der Waals surface area contributed by atoms with E-state index in [1.165, 1.54) is 11.1 Å². The number of carbonyl (C=O) groups excluding carboxylic acids is 2. The van der Waals surface area contributed by atoms with Crippen molar-refractivity contribution in [1.82, 2.24) is 15.5 Å². The minimum absolute atomic E-state index is 0.115. The van der Waals surface area contributed by atoms with Gasteiger partial charge in [-0.05, 0) is 77.5 Å². The number of nitrogens with zero attached hydrogens (tertiary/aromatic N) is 1. The zero-order valence-electron chi connectivity index (χ0n) is 19.6. The first-order chi connectivity index (χ1) is 14.7. The Hall–Kier alpha value is -2.34. The van der Waals surface area contributed by atoms with Gasteiger partial charge in [0.1, 0.15) is 11.1 Å². The van der Waals surface area contributed by atoms with Gasteiger partial charge in [0, 0.05) is 19.6 Å². The molecule has 1 fully saturated rings. The van der Waals surface area contributed by atoms with E-state index in [4.69, 9.17) is 4.74 Å². The first kappa shape index (κ1) is 24.9. The van der Waals surface area contributed by atoms with Gasteiger partial charge < -0.3 is 15.4 Å². The molecule has 0 radical (unpaired) electrons. The van der Waals surface area contributed by atoms with Gasteiger partial charge in [0.25, 0.3) is 0 Å². The first-order valence-corrected chi connectivity index (χ1v) is 11.3. The molecule has 0 unspecified atom stereocenters. The monoisotopic (exact) mass is 429 g/mol. The van der Waals surface area contributed by atoms with Gasteiger partial charge in [-0.25, -0.2) is 4.79 Å². The number of likely N-dealkylation sites (tertiary alicyclic amines) is 1. The Bertz CT molecular complexity index is 739. The molecule has 0 aromatic heterocycles. The summed E-state index contributed by atoms with van der Waals surface area (Å²) in [6.07, 6.45) is 5.85. The summed E-state index contributed by atoms with van der Waals surface area (Å²) in [7, 11) is 0. The maximum atomic E-state index is 12.9. The third kappa shape index (κ3) is 7.69. The molecule has 0 bridgehead atoms. The van der Waals surface area contributed by atoms with E-state index in [9.17, 15) is 9.59 Å². The van der Waals surface area contributed by atoms with Crippen molar-refractivity contribution >= 4 is 12.0 Å². The summed E-state index contributed by atoms with van der Waals surface area (Å²) in [5.41, 5.74) is 0.988. The van der Waals surface area contributed by atoms with E-state index in [0.717, 1.165) is 38.8 Å². The van der Waals surface area contributed by atoms with E-state index in [1.54, 1.807) is 4.90 Å². The van der Waals surface area contributed by atoms with Crippen LogP contribution in [0.2, 0.25) is 0 Å². The lowest BCUT2D eigenvalue weighted by molar-refractivity contribution is -0.130. The number of hydrogen-bond acceptors (Lipinski definition) is 4. The van der Waals surface area contributed by atoms with Gasteiger partial charge in [0.2, 0.25) is 5.91 Å². The topological polar surface area (TPSA) is 70.7 Å². The quantitative estimate of drug-likeness (QED) is 0.432. The number of rotatable bonds is 10. The minimum atomic E-state index is -0.858. The molecule has 2 rings (SSSR count). The van der Waals surface area contributed by atoms with Gasteiger partial charge in [-0.15, -0.1) is 6.58 Å². The number of allylic oxidation sites excluding steroid dienone is 1. The second-order valence-corrected chi connectivity index (χ2v) is 9.44. The van der Waals surface area contributed by atoms with Gasteiger partial charge in [-0.2, -0.15) is 0 Å². The van der Waals surface area contributed by atoms with Crippen LogP contribution in [0, 0.1) is 0 Å². The Morgan fingerprint density at radius 1 is 1.19 bits per heavy atom. The van der Waals surface area contributed by atoms with Crippen molar-refractivity contribution in [1.29, 1.82) is 0 Å². The number of nitrogens with one attached hydrogen (secondary N) is 2. The van der Waals surface area contributed by atoms with Crippen molar-refractivity contribution in [2.24, 2.45) is 0 Å². The van der Waals surface area contributed by atoms with Gasteiger partial charge >= 0.3 is 6.09 Å². The summed E-state index contributed by atoms with van der Waals surface area (Å²) >= 11 is 0. The summed E-state index contributed by atoms with van der Waals surface area (Å²) in [5.74, 6) is -0.115. The number of benzene rings is 1. The minimum Gasteiger partial charge on any atom is -0.444 e. The molecule has 172 valence electrons. The van der Waals surface area contributed by atoms with Gasteiger partial charge in [0.15, 0.2) is 0 Å². The van der Waals surface area contributed by atoms with Crippen LogP contribution in [0.25, 0.3) is 0 Å². The molecule has 1 aliphatic heterocycles. The van der Waals surface area contributed by atoms with Crippen molar-refractivity contribution in [2.45, 2.75) is 77.5 Å². The maximum absolute atomic E-state index is 12.9. The highest BCUT2D eigenvalue weighted by Gasteiger charge is 2.47. The molecule has 31 heavy (non-hydrogen) atoms. The van der Waals surface area contributed by atoms with E-state index in [-0.39, 0.29) is 5.91 Å². The highest BCUT2D eigenvalue weighted by atomic mass is 16.6. The Balaban J connectivity index is 1.80. The first-order valence-electron chi connectivity index (χ1n) is 11.3. The summed E-state index contributed by atoms with van der Waals surface area (Å²) in [6.45, 7) is 14.0. The Morgan fingerprint density at radius 2 is 1.87 bits per heavy atom. The molecule has 1 aromatic rings. The molecule has 1 heterocycles. The second-order valence-electron chi connectivity index (χ2n) is 9.44. The fraction of sp³-hybridized carbons (Fsp3) is 0.600. The van der Waals surface area contributed by atoms with Crippen LogP contribution < -0.4 is 10.6 Å². The number of amides is 2. The number of carbonyl (C=O) groups is 2. The van der Waals surface area contributed by atoms with Gasteiger partial charge in [0.05, 0.1) is 0 Å². The molecule has 6 nitrogen and oxygen atoms in total. The predicted octanol–water partition coefficient (Wildman–Crippen LogP) is 4.19. The highest BCUT2D eigenvalue weighted by Crippen LogP contribution is 2.30. The van der Waals surface area contributed by atoms with E-state index in [1.807, 2.05) is 33.8 Å². The molecule has 0 saturated carbocycles. The number of hydrogen-bond donors (Lipinski definition) is 2. The smallest absolute Gasteiger partial charge is 0.411 e. The van der Waals surface area contributed by atoms with E-state index in [2.05, 4.69) is 41.5 Å². The average molecular weight is 430 g/mol. The summed E-state index contributed by atoms with van der Waals surface area (Å²) < 4.78 is 5.50. The lowest BCUT2D eigenvalue weighted by atomic mass is 9.97. The molecule has 2 N–H and O–H groups in total. The van der Waals surface area contributed by atoms with Gasteiger partial charge in [-0.1, -0.05) is 30.3 Å². The van der Waals surface area contributed by atoms with Crippen LogP contribution in [0.3, 0.4) is 0 Å². The number of unbranched alkanes of at least 4 members (excludes halogenated alkanes) is 1. The van der Waals surface area contributed by atoms with E-state index in [0.29, 0.717) is 19.5 Å². The molecule has 1 saturated heterocycles. The highest BCUT2D eigenvalue weighted by molar-refractivity contribution is 5.90. The van der Waals surface area contributed by atoms with Crippen LogP contribution in [0.1, 0.15) is 64.5 Å². The zero-order chi connectivity index (χ0) is 22.9. The van der Waals surface area contributed by atoms with Crippen LogP contribution in [0.4, 0.5) is 4.79 Å². The van der Waals surface area contributed by atoms with Crippen LogP contribution in [0.15, 0.2) is 36.9 Å². The number of ether oxygens (including phenoxy) is 1. The van der Waals surface area contributed by atoms with Crippen molar-refractivity contribution in [3.05, 3.63) is 48.0 Å². The van der Waals surface area contributed by atoms with Crippen LogP contribution in [-0.4, -0.2) is 47.7 Å². The van der Waals surface area contributed by atoms with Crippen LogP contribution >= 0.6 is 0 Å². The largest absolute Gasteiger partial charge is 0.444 e. The van der Waals surface area contributed by atoms with Crippen molar-refractivity contribution in [3.8, 4) is 0 Å². The molecule has 2 amide bonds. The Morgan fingerprint density at radius 3 is 2.52 bits per heavy atom. The lowest BCUT2D eigenvalue weighted by Gasteiger charge is -2.35. The predicted molar refractivity (Wildman–Crippen MR) is 125 cm³/mol. The molecule has 0 spiro atoms. The van der Waals surface area contributed by atoms with E-state index >= 15 is 0 Å². The molecular weight excluding hydrogens is 390 g/mol. The fourth-order valence-electron chi connectivity index (χ4n) is 3.75. The average Bonchev–Trinajstić information content (AvgIpc) is 3.11. The maximum Gasteiger partial charge on any atom is 0.411 e. The van der Waals surface area contributed by atoms with Crippen LogP contribution in [-0.2, 0) is 22.5 Å². The second kappa shape index (κ2) is 11.3. The Kier molecular flexibility index (Phi) is 9.11. The SMILES string of the molecule is C=CCCCNCc1ccc(CCNC(=O)[C@]2(C)CCCN2C(=O)OC(C)(C)C)cc1. The standard InChI is InChI=1S/C25H39N3O3/c1-6-7-8-16-26-19-21-12-10-20(11-13-21)14-17-27-22(29)25(5)15-9-18-28(25)23(30)31-24(2,3)4/h6,10-13,26H,1,7-9,14-19H2,2-5H3,(H,27,29)/t25-/m0/s1. The summed E-state index contributed by atoms with van der Waals surface area (Å²) in [6, 6.07) is 8.47. The Labute approximate surface area is 187 Å². The molecule has 6 heteroatoms. The van der Waals surface area contributed by atoms with Crippen molar-refractivity contribution in [2.75, 3.05) is 19.6 Å². The summed E-state index contributed by atoms with van der Waals surface area (Å²) in [5, 5.41) is 6.45. The molecule has 1 aromatic carbocycles. The van der Waals surface area contributed by atoms with Gasteiger partial charge in [-0.3, -0.25) is 9.69 Å². The third-order valence-electron chi connectivity index (χ3n) is 5.56. The van der Waals surface area contributed by atoms with Crippen LogP contribution in [0.5, 0.6) is 0 Å². The molecule has 1 atom stereocenters. The van der Waals surface area contributed by atoms with E-state index < -0.39 is 17.2 Å².